The van der Waals surface area contributed by atoms with Gasteiger partial charge in [0.2, 0.25) is 6.41 Å². The summed E-state index contributed by atoms with van der Waals surface area (Å²) in [6, 6.07) is 8.49. The van der Waals surface area contributed by atoms with Crippen LogP contribution in [0.25, 0.3) is 0 Å². The number of likely N-dealkylation sites (tertiary alicyclic amines) is 1. The van der Waals surface area contributed by atoms with Gasteiger partial charge in [0, 0.05) is 24.9 Å². The number of carbonyl (C=O) groups is 1. The zero-order valence-corrected chi connectivity index (χ0v) is 18.1. The standard InChI is InChI=1S/C22H34BNO4/c1-7-8-18-14-20(13-16(2)24(18)15-25)26-19-11-9-17(10-12-19)23-27-21(3,4)22(5,6)28-23/h9-12,15-16,18,20H,7-8,13-14H2,1-6H3. The molecule has 28 heavy (non-hydrogen) atoms. The third-order valence-corrected chi connectivity index (χ3v) is 6.52. The van der Waals surface area contributed by atoms with Crippen LogP contribution < -0.4 is 10.2 Å². The Balaban J connectivity index is 1.64. The third kappa shape index (κ3) is 4.23. The summed E-state index contributed by atoms with van der Waals surface area (Å²) in [5.74, 6) is 0.854. The van der Waals surface area contributed by atoms with Crippen molar-refractivity contribution in [2.75, 3.05) is 0 Å². The second-order valence-corrected chi connectivity index (χ2v) is 9.21. The summed E-state index contributed by atoms with van der Waals surface area (Å²) < 4.78 is 18.5. The molecule has 2 aliphatic rings. The summed E-state index contributed by atoms with van der Waals surface area (Å²) in [6.07, 6.45) is 4.96. The van der Waals surface area contributed by atoms with Gasteiger partial charge in [0.05, 0.1) is 11.2 Å². The molecule has 5 nitrogen and oxygen atoms in total. The van der Waals surface area contributed by atoms with E-state index in [1.165, 1.54) is 0 Å². The van der Waals surface area contributed by atoms with Crippen molar-refractivity contribution < 1.29 is 18.8 Å². The van der Waals surface area contributed by atoms with Crippen LogP contribution in [0.1, 0.15) is 67.2 Å². The molecule has 1 amide bonds. The maximum Gasteiger partial charge on any atom is 0.494 e. The summed E-state index contributed by atoms with van der Waals surface area (Å²) in [5, 5.41) is 0. The highest BCUT2D eigenvalue weighted by atomic mass is 16.7. The molecule has 2 heterocycles. The Morgan fingerprint density at radius 2 is 1.75 bits per heavy atom. The van der Waals surface area contributed by atoms with Gasteiger partial charge in [-0.05, 0) is 58.6 Å². The van der Waals surface area contributed by atoms with E-state index in [0.29, 0.717) is 0 Å². The minimum Gasteiger partial charge on any atom is -0.490 e. The molecule has 0 bridgehead atoms. The molecule has 1 aromatic carbocycles. The van der Waals surface area contributed by atoms with Gasteiger partial charge in [0.1, 0.15) is 11.9 Å². The van der Waals surface area contributed by atoms with Crippen LogP contribution in [0.5, 0.6) is 5.75 Å². The maximum absolute atomic E-state index is 11.4. The normalized spacial score (nSPS) is 29.0. The van der Waals surface area contributed by atoms with Gasteiger partial charge in [-0.2, -0.15) is 0 Å². The molecule has 154 valence electrons. The van der Waals surface area contributed by atoms with Crippen LogP contribution >= 0.6 is 0 Å². The molecule has 0 aliphatic carbocycles. The van der Waals surface area contributed by atoms with Gasteiger partial charge in [-0.3, -0.25) is 4.79 Å². The molecule has 1 aromatic rings. The van der Waals surface area contributed by atoms with Gasteiger partial charge in [0.15, 0.2) is 0 Å². The fourth-order valence-corrected chi connectivity index (χ4v) is 4.14. The summed E-state index contributed by atoms with van der Waals surface area (Å²) in [7, 11) is -0.358. The molecule has 0 radical (unpaired) electrons. The highest BCUT2D eigenvalue weighted by molar-refractivity contribution is 6.62. The molecule has 0 aromatic heterocycles. The largest absolute Gasteiger partial charge is 0.494 e. The van der Waals surface area contributed by atoms with E-state index in [2.05, 4.69) is 41.5 Å². The Morgan fingerprint density at radius 3 is 2.29 bits per heavy atom. The Bertz CT molecular complexity index is 660. The van der Waals surface area contributed by atoms with Crippen LogP contribution in [-0.4, -0.2) is 47.8 Å². The van der Waals surface area contributed by atoms with Gasteiger partial charge in [-0.15, -0.1) is 0 Å². The van der Waals surface area contributed by atoms with Crippen molar-refractivity contribution >= 4 is 19.0 Å². The van der Waals surface area contributed by atoms with Crippen molar-refractivity contribution in [2.45, 2.75) is 96.6 Å². The van der Waals surface area contributed by atoms with E-state index < -0.39 is 0 Å². The zero-order chi connectivity index (χ0) is 20.5. The third-order valence-electron chi connectivity index (χ3n) is 6.52. The van der Waals surface area contributed by atoms with Crippen LogP contribution in [0.15, 0.2) is 24.3 Å². The molecule has 0 N–H and O–H groups in total. The first-order chi connectivity index (χ1) is 13.2. The number of nitrogens with zero attached hydrogens (tertiary/aromatic N) is 1. The predicted molar refractivity (Wildman–Crippen MR) is 112 cm³/mol. The van der Waals surface area contributed by atoms with Crippen molar-refractivity contribution in [1.29, 1.82) is 0 Å². The number of hydrogen-bond acceptors (Lipinski definition) is 4. The second-order valence-electron chi connectivity index (χ2n) is 9.21. The molecular formula is C22H34BNO4. The molecule has 3 unspecified atom stereocenters. The summed E-state index contributed by atoms with van der Waals surface area (Å²) in [6.45, 7) is 12.5. The Morgan fingerprint density at radius 1 is 1.14 bits per heavy atom. The van der Waals surface area contributed by atoms with Gasteiger partial charge in [-0.1, -0.05) is 25.5 Å². The fourth-order valence-electron chi connectivity index (χ4n) is 4.14. The number of piperidine rings is 1. The van der Waals surface area contributed by atoms with E-state index in [1.807, 2.05) is 29.2 Å². The quantitative estimate of drug-likeness (QED) is 0.553. The molecule has 2 aliphatic heterocycles. The first-order valence-electron chi connectivity index (χ1n) is 10.5. The molecule has 3 rings (SSSR count). The lowest BCUT2D eigenvalue weighted by atomic mass is 9.79. The number of hydrogen-bond donors (Lipinski definition) is 0. The van der Waals surface area contributed by atoms with Crippen LogP contribution in [-0.2, 0) is 14.1 Å². The Labute approximate surface area is 169 Å². The maximum atomic E-state index is 11.4. The fraction of sp³-hybridized carbons (Fsp3) is 0.682. The lowest BCUT2D eigenvalue weighted by Gasteiger charge is -2.41. The van der Waals surface area contributed by atoms with Crippen molar-refractivity contribution in [3.8, 4) is 5.75 Å². The van der Waals surface area contributed by atoms with E-state index in [4.69, 9.17) is 14.0 Å². The van der Waals surface area contributed by atoms with Crippen molar-refractivity contribution in [2.24, 2.45) is 0 Å². The van der Waals surface area contributed by atoms with Crippen molar-refractivity contribution in [3.63, 3.8) is 0 Å². The average Bonchev–Trinajstić information content (AvgIpc) is 2.83. The molecule has 0 saturated carbocycles. The lowest BCUT2D eigenvalue weighted by Crippen LogP contribution is -2.50. The van der Waals surface area contributed by atoms with Gasteiger partial charge >= 0.3 is 7.12 Å². The average molecular weight is 387 g/mol. The highest BCUT2D eigenvalue weighted by Gasteiger charge is 2.51. The minimum atomic E-state index is -0.358. The van der Waals surface area contributed by atoms with Crippen LogP contribution in [0.3, 0.4) is 0 Å². The number of amides is 1. The molecule has 6 heteroatoms. The smallest absolute Gasteiger partial charge is 0.490 e. The zero-order valence-electron chi connectivity index (χ0n) is 18.1. The Kier molecular flexibility index (Phi) is 6.11. The van der Waals surface area contributed by atoms with E-state index in [9.17, 15) is 4.79 Å². The molecule has 2 fully saturated rings. The summed E-state index contributed by atoms with van der Waals surface area (Å²) in [4.78, 5) is 13.4. The Hall–Kier alpha value is -1.53. The van der Waals surface area contributed by atoms with E-state index >= 15 is 0 Å². The number of benzene rings is 1. The summed E-state index contributed by atoms with van der Waals surface area (Å²) in [5.41, 5.74) is 0.312. The summed E-state index contributed by atoms with van der Waals surface area (Å²) >= 11 is 0. The van der Waals surface area contributed by atoms with Gasteiger partial charge in [0.25, 0.3) is 0 Å². The first-order valence-corrected chi connectivity index (χ1v) is 10.5. The van der Waals surface area contributed by atoms with E-state index in [1.54, 1.807) is 0 Å². The first kappa shape index (κ1) is 21.2. The SMILES string of the molecule is CCCC1CC(Oc2ccc(B3OC(C)(C)C(C)(C)O3)cc2)CC(C)N1C=O. The van der Waals surface area contributed by atoms with E-state index in [-0.39, 0.29) is 36.5 Å². The van der Waals surface area contributed by atoms with Crippen LogP contribution in [0.4, 0.5) is 0 Å². The van der Waals surface area contributed by atoms with Crippen LogP contribution in [0, 0.1) is 0 Å². The number of carbonyl (C=O) groups excluding carboxylic acids is 1. The molecule has 2 saturated heterocycles. The number of ether oxygens (including phenoxy) is 1. The lowest BCUT2D eigenvalue weighted by molar-refractivity contribution is -0.126. The van der Waals surface area contributed by atoms with Gasteiger partial charge in [-0.25, -0.2) is 0 Å². The predicted octanol–water partition coefficient (Wildman–Crippen LogP) is 3.54. The monoisotopic (exact) mass is 387 g/mol. The van der Waals surface area contributed by atoms with Crippen LogP contribution in [0.2, 0.25) is 0 Å². The molecule has 0 spiro atoms. The number of rotatable bonds is 6. The minimum absolute atomic E-state index is 0.130. The second kappa shape index (κ2) is 8.07. The van der Waals surface area contributed by atoms with Crippen molar-refractivity contribution in [1.82, 2.24) is 4.90 Å². The van der Waals surface area contributed by atoms with E-state index in [0.717, 1.165) is 43.3 Å². The highest BCUT2D eigenvalue weighted by Crippen LogP contribution is 2.36. The van der Waals surface area contributed by atoms with Crippen molar-refractivity contribution in [3.05, 3.63) is 24.3 Å². The molecule has 3 atom stereocenters. The van der Waals surface area contributed by atoms with Gasteiger partial charge < -0.3 is 18.9 Å². The topological polar surface area (TPSA) is 48.0 Å². The molecular weight excluding hydrogens is 353 g/mol.